The quantitative estimate of drug-likeness (QED) is 0.823. The summed E-state index contributed by atoms with van der Waals surface area (Å²) in [6, 6.07) is 12.9. The summed E-state index contributed by atoms with van der Waals surface area (Å²) < 4.78 is 1.55. The molecule has 0 spiro atoms. The molecule has 0 aliphatic carbocycles. The van der Waals surface area contributed by atoms with Gasteiger partial charge in [-0.3, -0.25) is 9.36 Å². The number of aromatic nitrogens is 1. The highest BCUT2D eigenvalue weighted by molar-refractivity contribution is 5.50. The minimum atomic E-state index is -0.278. The Morgan fingerprint density at radius 2 is 1.74 bits per heavy atom. The van der Waals surface area contributed by atoms with Gasteiger partial charge in [-0.05, 0) is 43.3 Å². The average molecular weight is 253 g/mol. The molecular formula is C15H15N3O. The Labute approximate surface area is 112 Å². The van der Waals surface area contributed by atoms with E-state index in [2.05, 4.69) is 0 Å². The van der Waals surface area contributed by atoms with E-state index < -0.39 is 0 Å². The Balaban J connectivity index is 2.59. The first-order valence-corrected chi connectivity index (χ1v) is 5.95. The second kappa shape index (κ2) is 4.99. The van der Waals surface area contributed by atoms with E-state index in [1.807, 2.05) is 56.3 Å². The van der Waals surface area contributed by atoms with E-state index >= 15 is 0 Å². The maximum atomic E-state index is 12.2. The summed E-state index contributed by atoms with van der Waals surface area (Å²) in [6.45, 7) is 1.85. The Hall–Kier alpha value is -2.54. The molecule has 2 aromatic rings. The third-order valence-electron chi connectivity index (χ3n) is 3.02. The normalized spacial score (nSPS) is 10.0. The third kappa shape index (κ3) is 2.36. The number of hydrogen-bond acceptors (Lipinski definition) is 3. The van der Waals surface area contributed by atoms with Crippen LogP contribution in [-0.4, -0.2) is 18.7 Å². The Bertz CT molecular complexity index is 691. The van der Waals surface area contributed by atoms with Crippen LogP contribution >= 0.6 is 0 Å². The van der Waals surface area contributed by atoms with Crippen molar-refractivity contribution < 1.29 is 0 Å². The van der Waals surface area contributed by atoms with Gasteiger partial charge in [-0.15, -0.1) is 0 Å². The number of nitriles is 1. The van der Waals surface area contributed by atoms with Crippen LogP contribution in [0.5, 0.6) is 0 Å². The SMILES string of the molecule is Cc1ccc(C#N)c(=O)n1-c1ccc(N(C)C)cc1. The van der Waals surface area contributed by atoms with Gasteiger partial charge in [0.2, 0.25) is 0 Å². The molecule has 4 nitrogen and oxygen atoms in total. The first-order chi connectivity index (χ1) is 9.04. The van der Waals surface area contributed by atoms with Crippen molar-refractivity contribution in [3.63, 3.8) is 0 Å². The van der Waals surface area contributed by atoms with Crippen LogP contribution in [-0.2, 0) is 0 Å². The van der Waals surface area contributed by atoms with Crippen LogP contribution in [0.25, 0.3) is 5.69 Å². The Morgan fingerprint density at radius 1 is 1.11 bits per heavy atom. The lowest BCUT2D eigenvalue weighted by Crippen LogP contribution is -2.22. The van der Waals surface area contributed by atoms with Gasteiger partial charge in [0.15, 0.2) is 0 Å². The molecule has 4 heteroatoms. The van der Waals surface area contributed by atoms with Gasteiger partial charge in [-0.1, -0.05) is 0 Å². The predicted octanol–water partition coefficient (Wildman–Crippen LogP) is 2.08. The summed E-state index contributed by atoms with van der Waals surface area (Å²) in [5.74, 6) is 0. The van der Waals surface area contributed by atoms with Gasteiger partial charge in [0.25, 0.3) is 5.56 Å². The summed E-state index contributed by atoms with van der Waals surface area (Å²) in [6.07, 6.45) is 0. The molecule has 0 atom stereocenters. The average Bonchev–Trinajstić information content (AvgIpc) is 2.39. The predicted molar refractivity (Wildman–Crippen MR) is 75.8 cm³/mol. The van der Waals surface area contributed by atoms with Gasteiger partial charge in [0.1, 0.15) is 11.6 Å². The molecule has 0 radical (unpaired) electrons. The minimum absolute atomic E-state index is 0.155. The van der Waals surface area contributed by atoms with Crippen LogP contribution in [0.1, 0.15) is 11.3 Å². The van der Waals surface area contributed by atoms with Gasteiger partial charge in [0.05, 0.1) is 0 Å². The summed E-state index contributed by atoms with van der Waals surface area (Å²) >= 11 is 0. The summed E-state index contributed by atoms with van der Waals surface area (Å²) in [5.41, 5.74) is 2.51. The van der Waals surface area contributed by atoms with E-state index in [0.29, 0.717) is 0 Å². The lowest BCUT2D eigenvalue weighted by atomic mass is 10.2. The summed E-state index contributed by atoms with van der Waals surface area (Å²) in [7, 11) is 3.92. The highest BCUT2D eigenvalue weighted by Crippen LogP contribution is 2.15. The van der Waals surface area contributed by atoms with E-state index in [0.717, 1.165) is 17.1 Å². The second-order valence-corrected chi connectivity index (χ2v) is 4.55. The standard InChI is InChI=1S/C15H15N3O/c1-11-4-5-12(10-16)15(19)18(11)14-8-6-13(7-9-14)17(2)3/h4-9H,1-3H3. The highest BCUT2D eigenvalue weighted by atomic mass is 16.1. The molecule has 0 aliphatic rings. The number of nitrogens with zero attached hydrogens (tertiary/aromatic N) is 3. The Kier molecular flexibility index (Phi) is 3.39. The zero-order valence-electron chi connectivity index (χ0n) is 11.2. The van der Waals surface area contributed by atoms with E-state index in [9.17, 15) is 4.79 Å². The van der Waals surface area contributed by atoms with E-state index in [4.69, 9.17) is 5.26 Å². The number of benzene rings is 1. The number of hydrogen-bond donors (Lipinski definition) is 0. The molecule has 1 aromatic heterocycles. The van der Waals surface area contributed by atoms with Crippen LogP contribution in [0.15, 0.2) is 41.2 Å². The maximum Gasteiger partial charge on any atom is 0.273 e. The largest absolute Gasteiger partial charge is 0.378 e. The summed E-state index contributed by atoms with van der Waals surface area (Å²) in [4.78, 5) is 14.2. The van der Waals surface area contributed by atoms with Gasteiger partial charge in [-0.25, -0.2) is 0 Å². The minimum Gasteiger partial charge on any atom is -0.378 e. The zero-order chi connectivity index (χ0) is 14.0. The van der Waals surface area contributed by atoms with Crippen molar-refractivity contribution >= 4 is 5.69 Å². The van der Waals surface area contributed by atoms with Crippen molar-refractivity contribution in [2.45, 2.75) is 6.92 Å². The zero-order valence-corrected chi connectivity index (χ0v) is 11.2. The van der Waals surface area contributed by atoms with Crippen molar-refractivity contribution in [3.8, 4) is 11.8 Å². The molecule has 0 saturated carbocycles. The molecule has 0 bridgehead atoms. The fraction of sp³-hybridized carbons (Fsp3) is 0.200. The molecule has 1 heterocycles. The van der Waals surface area contributed by atoms with Gasteiger partial charge < -0.3 is 4.90 Å². The molecule has 0 N–H and O–H groups in total. The van der Waals surface area contributed by atoms with Crippen molar-refractivity contribution in [2.24, 2.45) is 0 Å². The van der Waals surface area contributed by atoms with Crippen molar-refractivity contribution in [1.29, 1.82) is 5.26 Å². The first-order valence-electron chi connectivity index (χ1n) is 5.95. The molecule has 2 rings (SSSR count). The summed E-state index contributed by atoms with van der Waals surface area (Å²) in [5, 5.41) is 8.93. The first kappa shape index (κ1) is 12.9. The molecular weight excluding hydrogens is 238 g/mol. The molecule has 0 amide bonds. The van der Waals surface area contributed by atoms with Crippen molar-refractivity contribution in [1.82, 2.24) is 4.57 Å². The van der Waals surface area contributed by atoms with Crippen LogP contribution < -0.4 is 10.5 Å². The molecule has 0 aliphatic heterocycles. The monoisotopic (exact) mass is 253 g/mol. The Morgan fingerprint density at radius 3 is 2.26 bits per heavy atom. The topological polar surface area (TPSA) is 49.0 Å². The fourth-order valence-electron chi connectivity index (χ4n) is 1.94. The lowest BCUT2D eigenvalue weighted by molar-refractivity contribution is 0.927. The van der Waals surface area contributed by atoms with Crippen LogP contribution in [0.4, 0.5) is 5.69 Å². The van der Waals surface area contributed by atoms with Crippen LogP contribution in [0.2, 0.25) is 0 Å². The number of pyridine rings is 1. The molecule has 0 fully saturated rings. The molecule has 0 saturated heterocycles. The molecule has 0 unspecified atom stereocenters. The number of anilines is 1. The molecule has 96 valence electrons. The van der Waals surface area contributed by atoms with E-state index in [-0.39, 0.29) is 11.1 Å². The fourth-order valence-corrected chi connectivity index (χ4v) is 1.94. The van der Waals surface area contributed by atoms with E-state index in [1.165, 1.54) is 0 Å². The lowest BCUT2D eigenvalue weighted by Gasteiger charge is -2.14. The van der Waals surface area contributed by atoms with Gasteiger partial charge >= 0.3 is 0 Å². The second-order valence-electron chi connectivity index (χ2n) is 4.55. The molecule has 1 aromatic carbocycles. The van der Waals surface area contributed by atoms with Crippen molar-refractivity contribution in [3.05, 3.63) is 58.0 Å². The van der Waals surface area contributed by atoms with Crippen LogP contribution in [0, 0.1) is 18.3 Å². The smallest absolute Gasteiger partial charge is 0.273 e. The highest BCUT2D eigenvalue weighted by Gasteiger charge is 2.08. The van der Waals surface area contributed by atoms with Crippen molar-refractivity contribution in [2.75, 3.05) is 19.0 Å². The van der Waals surface area contributed by atoms with Gasteiger partial charge in [-0.2, -0.15) is 5.26 Å². The molecule has 19 heavy (non-hydrogen) atoms. The number of aryl methyl sites for hydroxylation is 1. The maximum absolute atomic E-state index is 12.2. The third-order valence-corrected chi connectivity index (χ3v) is 3.02. The van der Waals surface area contributed by atoms with Gasteiger partial charge in [0, 0.05) is 31.2 Å². The van der Waals surface area contributed by atoms with Crippen LogP contribution in [0.3, 0.4) is 0 Å². The van der Waals surface area contributed by atoms with E-state index in [1.54, 1.807) is 16.7 Å². The number of rotatable bonds is 2.